The Kier molecular flexibility index (Phi) is 5.73. The summed E-state index contributed by atoms with van der Waals surface area (Å²) < 4.78 is 1.85. The molecule has 2 aromatic rings. The highest BCUT2D eigenvalue weighted by Gasteiger charge is 2.28. The largest absolute Gasteiger partial charge is 0.340 e. The maximum Gasteiger partial charge on any atom is 0.319 e. The monoisotopic (exact) mass is 397 g/mol. The molecule has 2 fully saturated rings. The molecule has 1 saturated heterocycles. The number of carbonyl (C=O) groups excluding carboxylic acids is 2. The van der Waals surface area contributed by atoms with E-state index in [2.05, 4.69) is 33.1 Å². The molecule has 1 aliphatic carbocycles. The number of hydrogen-bond acceptors (Lipinski definition) is 5. The lowest BCUT2D eigenvalue weighted by Crippen LogP contribution is -2.39. The van der Waals surface area contributed by atoms with Crippen LogP contribution in [0, 0.1) is 0 Å². The number of carbonyl (C=O) groups is 2. The average Bonchev–Trinajstić information content (AvgIpc) is 3.29. The van der Waals surface area contributed by atoms with Crippen LogP contribution in [0.3, 0.4) is 0 Å². The number of nitrogens with one attached hydrogen (secondary N) is 2. The van der Waals surface area contributed by atoms with Crippen molar-refractivity contribution < 1.29 is 9.59 Å². The van der Waals surface area contributed by atoms with Gasteiger partial charge in [0.1, 0.15) is 0 Å². The quantitative estimate of drug-likeness (QED) is 0.712. The first-order valence-corrected chi connectivity index (χ1v) is 10.4. The molecule has 2 heterocycles. The summed E-state index contributed by atoms with van der Waals surface area (Å²) in [5.41, 5.74) is 1.56. The average molecular weight is 397 g/mol. The first-order chi connectivity index (χ1) is 14.2. The second-order valence-electron chi connectivity index (χ2n) is 7.68. The van der Waals surface area contributed by atoms with E-state index in [9.17, 15) is 9.59 Å². The van der Waals surface area contributed by atoms with Gasteiger partial charge in [0.15, 0.2) is 5.82 Å². The van der Waals surface area contributed by atoms with E-state index in [1.807, 2.05) is 33.8 Å². The SMILES string of the molecule is CC[C@H](CCNC(=O)Nc1cccc(-c2nnnn2C2CC2)c1)N1CCCC1=O. The number of anilines is 1. The maximum absolute atomic E-state index is 12.3. The minimum Gasteiger partial charge on any atom is -0.340 e. The number of tetrazole rings is 1. The Hall–Kier alpha value is -2.97. The molecule has 1 atom stereocenters. The van der Waals surface area contributed by atoms with Crippen molar-refractivity contribution in [2.75, 3.05) is 18.4 Å². The maximum atomic E-state index is 12.3. The highest BCUT2D eigenvalue weighted by Crippen LogP contribution is 2.36. The van der Waals surface area contributed by atoms with E-state index in [1.165, 1.54) is 0 Å². The van der Waals surface area contributed by atoms with Crippen molar-refractivity contribution in [3.8, 4) is 11.4 Å². The summed E-state index contributed by atoms with van der Waals surface area (Å²) in [4.78, 5) is 26.2. The van der Waals surface area contributed by atoms with Crippen molar-refractivity contribution in [1.82, 2.24) is 30.4 Å². The molecular weight excluding hydrogens is 370 g/mol. The van der Waals surface area contributed by atoms with Crippen molar-refractivity contribution in [2.45, 2.75) is 57.5 Å². The summed E-state index contributed by atoms with van der Waals surface area (Å²) in [5, 5.41) is 17.8. The van der Waals surface area contributed by atoms with Crippen LogP contribution in [-0.2, 0) is 4.79 Å². The number of benzene rings is 1. The molecule has 9 heteroatoms. The van der Waals surface area contributed by atoms with Crippen LogP contribution in [0.5, 0.6) is 0 Å². The minimum absolute atomic E-state index is 0.190. The molecule has 9 nitrogen and oxygen atoms in total. The fraction of sp³-hybridized carbons (Fsp3) is 0.550. The molecule has 1 aliphatic heterocycles. The third-order valence-electron chi connectivity index (χ3n) is 5.55. The van der Waals surface area contributed by atoms with Crippen LogP contribution in [-0.4, -0.2) is 56.2 Å². The van der Waals surface area contributed by atoms with E-state index in [4.69, 9.17) is 0 Å². The summed E-state index contributed by atoms with van der Waals surface area (Å²) in [6.45, 7) is 3.43. The van der Waals surface area contributed by atoms with Gasteiger partial charge in [-0.15, -0.1) is 5.10 Å². The van der Waals surface area contributed by atoms with Crippen LogP contribution in [0.15, 0.2) is 24.3 Å². The Morgan fingerprint density at radius 3 is 2.93 bits per heavy atom. The molecular formula is C20H27N7O2. The first-order valence-electron chi connectivity index (χ1n) is 10.4. The zero-order valence-electron chi connectivity index (χ0n) is 16.7. The van der Waals surface area contributed by atoms with Gasteiger partial charge in [-0.2, -0.15) is 0 Å². The zero-order chi connectivity index (χ0) is 20.2. The van der Waals surface area contributed by atoms with Crippen LogP contribution >= 0.6 is 0 Å². The van der Waals surface area contributed by atoms with Gasteiger partial charge in [-0.25, -0.2) is 9.48 Å². The normalized spacial score (nSPS) is 17.4. The molecule has 154 valence electrons. The third-order valence-corrected chi connectivity index (χ3v) is 5.55. The van der Waals surface area contributed by atoms with E-state index in [1.54, 1.807) is 0 Å². The molecule has 1 aromatic heterocycles. The molecule has 4 rings (SSSR count). The highest BCUT2D eigenvalue weighted by atomic mass is 16.2. The minimum atomic E-state index is -0.258. The summed E-state index contributed by atoms with van der Waals surface area (Å²) >= 11 is 0. The molecule has 2 aliphatic rings. The molecule has 0 unspecified atom stereocenters. The first kappa shape index (κ1) is 19.4. The molecule has 29 heavy (non-hydrogen) atoms. The lowest BCUT2D eigenvalue weighted by atomic mass is 10.1. The standard InChI is InChI=1S/C20H27N7O2/c1-2-16(26-12-4-7-18(26)28)10-11-21-20(29)22-15-6-3-5-14(13-15)19-23-24-25-27(19)17-8-9-17/h3,5-6,13,16-17H,2,4,7-12H2,1H3,(H2,21,22,29)/t16-/m1/s1. The zero-order valence-corrected chi connectivity index (χ0v) is 16.7. The van der Waals surface area contributed by atoms with E-state index >= 15 is 0 Å². The van der Waals surface area contributed by atoms with Gasteiger partial charge in [0.25, 0.3) is 0 Å². The Bertz CT molecular complexity index is 877. The Balaban J connectivity index is 1.30. The van der Waals surface area contributed by atoms with Crippen LogP contribution in [0.25, 0.3) is 11.4 Å². The van der Waals surface area contributed by atoms with Gasteiger partial charge < -0.3 is 15.5 Å². The predicted octanol–water partition coefficient (Wildman–Crippen LogP) is 2.59. The van der Waals surface area contributed by atoms with Crippen LogP contribution in [0.1, 0.15) is 51.5 Å². The molecule has 0 radical (unpaired) electrons. The van der Waals surface area contributed by atoms with E-state index in [-0.39, 0.29) is 18.0 Å². The molecule has 3 amide bonds. The lowest BCUT2D eigenvalue weighted by molar-refractivity contribution is -0.129. The second kappa shape index (κ2) is 8.59. The fourth-order valence-corrected chi connectivity index (χ4v) is 3.85. The van der Waals surface area contributed by atoms with E-state index < -0.39 is 0 Å². The van der Waals surface area contributed by atoms with Gasteiger partial charge in [-0.05, 0) is 54.7 Å². The van der Waals surface area contributed by atoms with Crippen LogP contribution in [0.4, 0.5) is 10.5 Å². The smallest absolute Gasteiger partial charge is 0.319 e. The molecule has 0 spiro atoms. The van der Waals surface area contributed by atoms with Crippen molar-refractivity contribution >= 4 is 17.6 Å². The summed E-state index contributed by atoms with van der Waals surface area (Å²) in [5.74, 6) is 0.948. The van der Waals surface area contributed by atoms with E-state index in [0.29, 0.717) is 24.7 Å². The lowest BCUT2D eigenvalue weighted by Gasteiger charge is -2.26. The Morgan fingerprint density at radius 1 is 1.34 bits per heavy atom. The summed E-state index contributed by atoms with van der Waals surface area (Å²) in [6.07, 6.45) is 5.42. The van der Waals surface area contributed by atoms with Crippen molar-refractivity contribution in [3.05, 3.63) is 24.3 Å². The van der Waals surface area contributed by atoms with Crippen LogP contribution in [0.2, 0.25) is 0 Å². The number of aromatic nitrogens is 4. The van der Waals surface area contributed by atoms with Crippen molar-refractivity contribution in [1.29, 1.82) is 0 Å². The number of hydrogen-bond donors (Lipinski definition) is 2. The van der Waals surface area contributed by atoms with Crippen molar-refractivity contribution in [3.63, 3.8) is 0 Å². The number of likely N-dealkylation sites (tertiary alicyclic amines) is 1. The number of urea groups is 1. The fourth-order valence-electron chi connectivity index (χ4n) is 3.85. The van der Waals surface area contributed by atoms with Crippen molar-refractivity contribution in [2.24, 2.45) is 0 Å². The number of amides is 3. The third kappa shape index (κ3) is 4.55. The van der Waals surface area contributed by atoms with Gasteiger partial charge in [0.05, 0.1) is 6.04 Å². The molecule has 0 bridgehead atoms. The predicted molar refractivity (Wildman–Crippen MR) is 108 cm³/mol. The van der Waals surface area contributed by atoms with Gasteiger partial charge in [0.2, 0.25) is 5.91 Å². The molecule has 1 aromatic carbocycles. The summed E-state index contributed by atoms with van der Waals surface area (Å²) in [6, 6.07) is 7.85. The number of nitrogens with zero attached hydrogens (tertiary/aromatic N) is 5. The topological polar surface area (TPSA) is 105 Å². The summed E-state index contributed by atoms with van der Waals surface area (Å²) in [7, 11) is 0. The van der Waals surface area contributed by atoms with Gasteiger partial charge >= 0.3 is 6.03 Å². The van der Waals surface area contributed by atoms with Crippen LogP contribution < -0.4 is 10.6 Å². The van der Waals surface area contributed by atoms with Gasteiger partial charge in [-0.1, -0.05) is 19.1 Å². The second-order valence-corrected chi connectivity index (χ2v) is 7.68. The van der Waals surface area contributed by atoms with E-state index in [0.717, 1.165) is 50.0 Å². The number of rotatable bonds is 8. The Labute approximate surface area is 169 Å². The Morgan fingerprint density at radius 2 is 2.21 bits per heavy atom. The van der Waals surface area contributed by atoms with Gasteiger partial charge in [0, 0.05) is 36.8 Å². The molecule has 1 saturated carbocycles. The molecule has 2 N–H and O–H groups in total. The van der Waals surface area contributed by atoms with Gasteiger partial charge in [-0.3, -0.25) is 4.79 Å². The highest BCUT2D eigenvalue weighted by molar-refractivity contribution is 5.89.